The average molecular weight is 440 g/mol. The van der Waals surface area contributed by atoms with Crippen molar-refractivity contribution in [3.8, 4) is 0 Å². The highest BCUT2D eigenvalue weighted by Gasteiger charge is 2.30. The molecule has 1 heterocycles. The molecule has 0 aliphatic carbocycles. The summed E-state index contributed by atoms with van der Waals surface area (Å²) >= 11 is 0. The number of hydrogen-bond acceptors (Lipinski definition) is 6. The van der Waals surface area contributed by atoms with E-state index in [4.69, 9.17) is 4.74 Å². The van der Waals surface area contributed by atoms with E-state index in [2.05, 4.69) is 0 Å². The molecule has 1 aromatic rings. The lowest BCUT2D eigenvalue weighted by molar-refractivity contribution is -0.151. The second-order valence-corrected chi connectivity index (χ2v) is 9.56. The smallest absolute Gasteiger partial charge is 0.310 e. The van der Waals surface area contributed by atoms with Crippen molar-refractivity contribution in [2.75, 3.05) is 47.4 Å². The molecule has 10 heteroatoms. The van der Waals surface area contributed by atoms with Gasteiger partial charge in [-0.25, -0.2) is 12.7 Å². The Balaban J connectivity index is 2.00. The molecule has 1 fully saturated rings. The first kappa shape index (κ1) is 23.8. The monoisotopic (exact) mass is 439 g/mol. The molecular formula is C20H29N3O6S. The first-order chi connectivity index (χ1) is 14.1. The maximum absolute atomic E-state index is 12.6. The number of likely N-dealkylation sites (tertiary alicyclic amines) is 1. The minimum absolute atomic E-state index is 0.0844. The largest absolute Gasteiger partial charge is 0.466 e. The van der Waals surface area contributed by atoms with Crippen molar-refractivity contribution in [3.63, 3.8) is 0 Å². The predicted octanol–water partition coefficient (Wildman–Crippen LogP) is 0.811. The zero-order chi connectivity index (χ0) is 22.5. The first-order valence-electron chi connectivity index (χ1n) is 9.80. The number of esters is 1. The number of piperidine rings is 1. The minimum Gasteiger partial charge on any atom is -0.466 e. The zero-order valence-electron chi connectivity index (χ0n) is 17.8. The van der Waals surface area contributed by atoms with Gasteiger partial charge in [0.2, 0.25) is 15.9 Å². The summed E-state index contributed by atoms with van der Waals surface area (Å²) in [5.74, 6) is -1.27. The lowest BCUT2D eigenvalue weighted by Gasteiger charge is -2.32. The van der Waals surface area contributed by atoms with Crippen LogP contribution in [0.25, 0.3) is 0 Å². The number of sulfonamides is 1. The number of carbonyl (C=O) groups is 3. The Morgan fingerprint density at radius 2 is 1.77 bits per heavy atom. The summed E-state index contributed by atoms with van der Waals surface area (Å²) < 4.78 is 30.4. The van der Waals surface area contributed by atoms with Crippen molar-refractivity contribution in [2.24, 2.45) is 5.92 Å². The van der Waals surface area contributed by atoms with Gasteiger partial charge < -0.3 is 14.5 Å². The van der Waals surface area contributed by atoms with Gasteiger partial charge in [0.15, 0.2) is 0 Å². The lowest BCUT2D eigenvalue weighted by atomic mass is 9.98. The first-order valence-corrected chi connectivity index (χ1v) is 11.2. The highest BCUT2D eigenvalue weighted by molar-refractivity contribution is 7.89. The summed E-state index contributed by atoms with van der Waals surface area (Å²) in [5.41, 5.74) is 0.283. The summed E-state index contributed by atoms with van der Waals surface area (Å²) in [6.45, 7) is 2.73. The maximum Gasteiger partial charge on any atom is 0.310 e. The number of amides is 2. The van der Waals surface area contributed by atoms with E-state index in [0.29, 0.717) is 26.0 Å². The number of benzene rings is 1. The van der Waals surface area contributed by atoms with Crippen LogP contribution in [0.3, 0.4) is 0 Å². The van der Waals surface area contributed by atoms with E-state index in [9.17, 15) is 22.8 Å². The van der Waals surface area contributed by atoms with E-state index >= 15 is 0 Å². The Hall–Kier alpha value is -2.46. The Bertz CT molecular complexity index is 882. The average Bonchev–Trinajstić information content (AvgIpc) is 2.73. The number of carbonyl (C=O) groups excluding carboxylic acids is 3. The van der Waals surface area contributed by atoms with Gasteiger partial charge in [0, 0.05) is 39.8 Å². The van der Waals surface area contributed by atoms with Gasteiger partial charge in [-0.1, -0.05) is 0 Å². The Morgan fingerprint density at radius 1 is 1.13 bits per heavy atom. The molecule has 0 spiro atoms. The van der Waals surface area contributed by atoms with Crippen LogP contribution in [0.2, 0.25) is 0 Å². The standard InChI is InChI=1S/C20H29N3O6S/c1-5-29-20(26)16-7-6-12-23(13-16)18(24)14-22(4)19(25)15-8-10-17(11-9-15)30(27,28)21(2)3/h8-11,16H,5-7,12-14H2,1-4H3. The predicted molar refractivity (Wildman–Crippen MR) is 110 cm³/mol. The topological polar surface area (TPSA) is 104 Å². The summed E-state index contributed by atoms with van der Waals surface area (Å²) in [7, 11) is 0.794. The van der Waals surface area contributed by atoms with E-state index in [1.54, 1.807) is 11.8 Å². The van der Waals surface area contributed by atoms with Gasteiger partial charge in [-0.15, -0.1) is 0 Å². The van der Waals surface area contributed by atoms with Crippen LogP contribution in [0.1, 0.15) is 30.1 Å². The quantitative estimate of drug-likeness (QED) is 0.583. The number of rotatable bonds is 7. The molecule has 30 heavy (non-hydrogen) atoms. The van der Waals surface area contributed by atoms with Gasteiger partial charge in [-0.2, -0.15) is 0 Å². The molecule has 9 nitrogen and oxygen atoms in total. The third-order valence-electron chi connectivity index (χ3n) is 4.99. The van der Waals surface area contributed by atoms with Gasteiger partial charge in [-0.05, 0) is 44.0 Å². The SMILES string of the molecule is CCOC(=O)C1CCCN(C(=O)CN(C)C(=O)c2ccc(S(=O)(=O)N(C)C)cc2)C1. The van der Waals surface area contributed by atoms with Gasteiger partial charge >= 0.3 is 5.97 Å². The number of likely N-dealkylation sites (N-methyl/N-ethyl adjacent to an activating group) is 1. The molecule has 2 amide bonds. The van der Waals surface area contributed by atoms with Gasteiger partial charge in [-0.3, -0.25) is 14.4 Å². The van der Waals surface area contributed by atoms with Crippen molar-refractivity contribution in [3.05, 3.63) is 29.8 Å². The molecule has 0 bridgehead atoms. The van der Waals surface area contributed by atoms with Crippen LogP contribution in [0.4, 0.5) is 0 Å². The van der Waals surface area contributed by atoms with Crippen molar-refractivity contribution in [1.82, 2.24) is 14.1 Å². The maximum atomic E-state index is 12.6. The van der Waals surface area contributed by atoms with Crippen LogP contribution >= 0.6 is 0 Å². The van der Waals surface area contributed by atoms with Gasteiger partial charge in [0.25, 0.3) is 5.91 Å². The molecule has 0 N–H and O–H groups in total. The summed E-state index contributed by atoms with van der Waals surface area (Å²) in [5, 5.41) is 0. The fourth-order valence-corrected chi connectivity index (χ4v) is 4.13. The lowest BCUT2D eigenvalue weighted by Crippen LogP contribution is -2.47. The molecule has 1 unspecified atom stereocenters. The van der Waals surface area contributed by atoms with Crippen LogP contribution in [0.15, 0.2) is 29.2 Å². The van der Waals surface area contributed by atoms with Crippen LogP contribution in [-0.4, -0.2) is 87.7 Å². The van der Waals surface area contributed by atoms with Crippen LogP contribution < -0.4 is 0 Å². The number of ether oxygens (including phenoxy) is 1. The Kier molecular flexibility index (Phi) is 7.96. The fourth-order valence-electron chi connectivity index (χ4n) is 3.23. The minimum atomic E-state index is -3.58. The summed E-state index contributed by atoms with van der Waals surface area (Å²) in [4.78, 5) is 40.2. The summed E-state index contributed by atoms with van der Waals surface area (Å²) in [6.07, 6.45) is 1.38. The molecule has 1 aliphatic rings. The van der Waals surface area contributed by atoms with E-state index in [1.165, 1.54) is 50.3 Å². The third kappa shape index (κ3) is 5.57. The molecule has 0 saturated carbocycles. The molecule has 1 saturated heterocycles. The molecule has 1 aromatic carbocycles. The molecule has 166 valence electrons. The van der Waals surface area contributed by atoms with Crippen LogP contribution in [0, 0.1) is 5.92 Å². The molecule has 1 aliphatic heterocycles. The molecule has 1 atom stereocenters. The normalized spacial score (nSPS) is 17.0. The van der Waals surface area contributed by atoms with Gasteiger partial charge in [0.1, 0.15) is 0 Å². The Morgan fingerprint density at radius 3 is 2.33 bits per heavy atom. The molecule has 0 aromatic heterocycles. The second kappa shape index (κ2) is 10.0. The molecular weight excluding hydrogens is 410 g/mol. The number of hydrogen-bond donors (Lipinski definition) is 0. The van der Waals surface area contributed by atoms with Crippen molar-refractivity contribution in [2.45, 2.75) is 24.7 Å². The molecule has 0 radical (unpaired) electrons. The molecule has 2 rings (SSSR count). The third-order valence-corrected chi connectivity index (χ3v) is 6.82. The Labute approximate surface area is 177 Å². The second-order valence-electron chi connectivity index (χ2n) is 7.40. The van der Waals surface area contributed by atoms with Crippen molar-refractivity contribution >= 4 is 27.8 Å². The van der Waals surface area contributed by atoms with Gasteiger partial charge in [0.05, 0.1) is 24.0 Å². The fraction of sp³-hybridized carbons (Fsp3) is 0.550. The van der Waals surface area contributed by atoms with Crippen LogP contribution in [0.5, 0.6) is 0 Å². The van der Waals surface area contributed by atoms with Crippen molar-refractivity contribution < 1.29 is 27.5 Å². The van der Waals surface area contributed by atoms with Crippen molar-refractivity contribution in [1.29, 1.82) is 0 Å². The van der Waals surface area contributed by atoms with E-state index in [-0.39, 0.29) is 41.3 Å². The van der Waals surface area contributed by atoms with E-state index < -0.39 is 15.9 Å². The number of nitrogens with zero attached hydrogens (tertiary/aromatic N) is 3. The van der Waals surface area contributed by atoms with Crippen LogP contribution in [-0.2, 0) is 24.3 Å². The zero-order valence-corrected chi connectivity index (χ0v) is 18.6. The van der Waals surface area contributed by atoms with E-state index in [1.807, 2.05) is 0 Å². The highest BCUT2D eigenvalue weighted by atomic mass is 32.2. The van der Waals surface area contributed by atoms with E-state index in [0.717, 1.165) is 4.31 Å². The highest BCUT2D eigenvalue weighted by Crippen LogP contribution is 2.19. The summed E-state index contributed by atoms with van der Waals surface area (Å²) in [6, 6.07) is 5.59.